The van der Waals surface area contributed by atoms with E-state index in [4.69, 9.17) is 0 Å². The monoisotopic (exact) mass is 273 g/mol. The first-order chi connectivity index (χ1) is 9.49. The topological polar surface area (TPSA) is 69.7 Å². The minimum atomic E-state index is -0.465. The van der Waals surface area contributed by atoms with Gasteiger partial charge in [0.05, 0.1) is 5.69 Å². The quantitative estimate of drug-likeness (QED) is 0.785. The maximum absolute atomic E-state index is 12.1. The molecule has 0 spiro atoms. The summed E-state index contributed by atoms with van der Waals surface area (Å²) in [4.78, 5) is 38.2. The van der Waals surface area contributed by atoms with Crippen molar-refractivity contribution in [2.24, 2.45) is 0 Å². The molecule has 0 unspecified atom stereocenters. The number of rotatable bonds is 1. The van der Waals surface area contributed by atoms with E-state index in [0.717, 1.165) is 10.5 Å². The summed E-state index contributed by atoms with van der Waals surface area (Å²) < 4.78 is 0. The van der Waals surface area contributed by atoms with Crippen molar-refractivity contribution in [3.05, 3.63) is 23.8 Å². The molecule has 3 rings (SSSR count). The summed E-state index contributed by atoms with van der Waals surface area (Å²) in [6.07, 6.45) is 1.15. The first kappa shape index (κ1) is 12.7. The van der Waals surface area contributed by atoms with E-state index in [9.17, 15) is 14.4 Å². The second-order valence-electron chi connectivity index (χ2n) is 5.13. The Kier molecular flexibility index (Phi) is 2.74. The summed E-state index contributed by atoms with van der Waals surface area (Å²) in [6, 6.07) is 4.48. The largest absolute Gasteiger partial charge is 0.331 e. The molecule has 2 heterocycles. The molecule has 1 atom stereocenters. The molecule has 0 radical (unpaired) electrons. The number of carbonyl (C=O) groups excluding carboxylic acids is 3. The molecule has 104 valence electrons. The third kappa shape index (κ3) is 1.76. The highest BCUT2D eigenvalue weighted by Gasteiger charge is 2.41. The van der Waals surface area contributed by atoms with Crippen LogP contribution in [-0.2, 0) is 16.0 Å². The van der Waals surface area contributed by atoms with Gasteiger partial charge in [-0.05, 0) is 31.0 Å². The predicted octanol–water partition coefficient (Wildman–Crippen LogP) is 1.36. The third-order valence-electron chi connectivity index (χ3n) is 3.90. The highest BCUT2D eigenvalue weighted by Crippen LogP contribution is 2.30. The van der Waals surface area contributed by atoms with Gasteiger partial charge in [-0.15, -0.1) is 0 Å². The van der Waals surface area contributed by atoms with Crippen LogP contribution >= 0.6 is 0 Å². The molecule has 0 aromatic heterocycles. The molecule has 1 fully saturated rings. The van der Waals surface area contributed by atoms with Crippen LogP contribution in [0, 0.1) is 0 Å². The van der Waals surface area contributed by atoms with Crippen LogP contribution in [-0.4, -0.2) is 35.8 Å². The van der Waals surface area contributed by atoms with Crippen LogP contribution in [0.2, 0.25) is 0 Å². The molecular weight excluding hydrogens is 258 g/mol. The van der Waals surface area contributed by atoms with Gasteiger partial charge in [-0.2, -0.15) is 0 Å². The summed E-state index contributed by atoms with van der Waals surface area (Å²) in [7, 11) is 1.60. The highest BCUT2D eigenvalue weighted by molar-refractivity contribution is 6.21. The first-order valence-corrected chi connectivity index (χ1v) is 6.52. The van der Waals surface area contributed by atoms with E-state index >= 15 is 0 Å². The van der Waals surface area contributed by atoms with Crippen molar-refractivity contribution in [2.45, 2.75) is 25.8 Å². The number of carbonyl (C=O) groups is 3. The van der Waals surface area contributed by atoms with E-state index < -0.39 is 6.04 Å². The number of anilines is 2. The maximum Gasteiger partial charge on any atom is 0.331 e. The number of imide groups is 1. The summed E-state index contributed by atoms with van der Waals surface area (Å²) in [6.45, 7) is 1.69. The maximum atomic E-state index is 12.1. The van der Waals surface area contributed by atoms with Crippen LogP contribution < -0.4 is 10.2 Å². The van der Waals surface area contributed by atoms with Gasteiger partial charge in [-0.25, -0.2) is 9.69 Å². The van der Waals surface area contributed by atoms with Crippen molar-refractivity contribution in [2.75, 3.05) is 17.3 Å². The summed E-state index contributed by atoms with van der Waals surface area (Å²) in [5.74, 6) is -0.293. The average molecular weight is 273 g/mol. The van der Waals surface area contributed by atoms with Gasteiger partial charge in [0.25, 0.3) is 5.91 Å². The van der Waals surface area contributed by atoms with E-state index in [1.807, 2.05) is 6.07 Å². The van der Waals surface area contributed by atoms with Gasteiger partial charge in [0.1, 0.15) is 6.04 Å². The van der Waals surface area contributed by atoms with Crippen LogP contribution in [0.3, 0.4) is 0 Å². The van der Waals surface area contributed by atoms with E-state index in [1.165, 1.54) is 4.90 Å². The van der Waals surface area contributed by atoms with Gasteiger partial charge in [0, 0.05) is 19.2 Å². The summed E-state index contributed by atoms with van der Waals surface area (Å²) in [5.41, 5.74) is 2.20. The second-order valence-corrected chi connectivity index (χ2v) is 5.13. The molecule has 0 aliphatic carbocycles. The SMILES string of the molecule is C[C@H]1C(=O)N(c2ccc3c(c2)NC(=O)CC3)C(=O)N1C. The van der Waals surface area contributed by atoms with E-state index in [1.54, 1.807) is 26.1 Å². The second kappa shape index (κ2) is 4.33. The lowest BCUT2D eigenvalue weighted by atomic mass is 10.0. The van der Waals surface area contributed by atoms with Crippen molar-refractivity contribution >= 4 is 29.2 Å². The number of hydrogen-bond donors (Lipinski definition) is 1. The van der Waals surface area contributed by atoms with Crippen LogP contribution in [0.15, 0.2) is 18.2 Å². The molecule has 1 saturated heterocycles. The molecule has 1 N–H and O–H groups in total. The Morgan fingerprint density at radius 3 is 2.60 bits per heavy atom. The molecule has 0 bridgehead atoms. The lowest BCUT2D eigenvalue weighted by molar-refractivity contribution is -0.119. The van der Waals surface area contributed by atoms with Gasteiger partial charge >= 0.3 is 6.03 Å². The number of urea groups is 1. The van der Waals surface area contributed by atoms with Crippen molar-refractivity contribution in [1.82, 2.24) is 4.90 Å². The number of likely N-dealkylation sites (N-methyl/N-ethyl adjacent to an activating group) is 1. The molecule has 1 aromatic rings. The zero-order valence-electron chi connectivity index (χ0n) is 11.3. The van der Waals surface area contributed by atoms with Gasteiger partial charge in [0.2, 0.25) is 5.91 Å². The molecule has 6 nitrogen and oxygen atoms in total. The zero-order valence-corrected chi connectivity index (χ0v) is 11.3. The Morgan fingerprint density at radius 2 is 1.95 bits per heavy atom. The summed E-state index contributed by atoms with van der Waals surface area (Å²) in [5, 5.41) is 2.77. The number of aryl methyl sites for hydroxylation is 1. The number of benzene rings is 1. The highest BCUT2D eigenvalue weighted by atomic mass is 16.2. The van der Waals surface area contributed by atoms with Gasteiger partial charge in [0.15, 0.2) is 0 Å². The lowest BCUT2D eigenvalue weighted by Gasteiger charge is -2.20. The Bertz CT molecular complexity index is 606. The lowest BCUT2D eigenvalue weighted by Crippen LogP contribution is -2.31. The fourth-order valence-corrected chi connectivity index (χ4v) is 2.51. The van der Waals surface area contributed by atoms with Crippen LogP contribution in [0.25, 0.3) is 0 Å². The fraction of sp³-hybridized carbons (Fsp3) is 0.357. The molecule has 6 heteroatoms. The fourth-order valence-electron chi connectivity index (χ4n) is 2.51. The molecular formula is C14H15N3O3. The smallest absolute Gasteiger partial charge is 0.326 e. The van der Waals surface area contributed by atoms with Crippen LogP contribution in [0.4, 0.5) is 16.2 Å². The number of nitrogens with zero attached hydrogens (tertiary/aromatic N) is 2. The van der Waals surface area contributed by atoms with Crippen LogP contribution in [0.1, 0.15) is 18.9 Å². The minimum Gasteiger partial charge on any atom is -0.326 e. The Balaban J connectivity index is 1.99. The zero-order chi connectivity index (χ0) is 14.4. The van der Waals surface area contributed by atoms with E-state index in [2.05, 4.69) is 5.32 Å². The van der Waals surface area contributed by atoms with Crippen molar-refractivity contribution < 1.29 is 14.4 Å². The van der Waals surface area contributed by atoms with Crippen molar-refractivity contribution in [3.8, 4) is 0 Å². The average Bonchev–Trinajstić information content (AvgIpc) is 2.62. The molecule has 0 saturated carbocycles. The van der Waals surface area contributed by atoms with Crippen LogP contribution in [0.5, 0.6) is 0 Å². The Labute approximate surface area is 116 Å². The van der Waals surface area contributed by atoms with Gasteiger partial charge in [-0.1, -0.05) is 6.07 Å². The number of hydrogen-bond acceptors (Lipinski definition) is 3. The number of amides is 4. The predicted molar refractivity (Wildman–Crippen MR) is 73.5 cm³/mol. The third-order valence-corrected chi connectivity index (χ3v) is 3.90. The number of fused-ring (bicyclic) bond motifs is 1. The Morgan fingerprint density at radius 1 is 1.20 bits per heavy atom. The molecule has 2 aliphatic rings. The van der Waals surface area contributed by atoms with E-state index in [0.29, 0.717) is 24.2 Å². The Hall–Kier alpha value is -2.37. The first-order valence-electron chi connectivity index (χ1n) is 6.52. The molecule has 1 aromatic carbocycles. The van der Waals surface area contributed by atoms with Gasteiger partial charge in [-0.3, -0.25) is 9.59 Å². The van der Waals surface area contributed by atoms with Crippen molar-refractivity contribution in [3.63, 3.8) is 0 Å². The van der Waals surface area contributed by atoms with Crippen molar-refractivity contribution in [1.29, 1.82) is 0 Å². The minimum absolute atomic E-state index is 0.0424. The standard InChI is InChI=1S/C14H15N3O3/c1-8-13(19)17(14(20)16(8)2)10-5-3-9-4-6-12(18)15-11(9)7-10/h3,5,7-8H,4,6H2,1-2H3,(H,15,18)/t8-/m0/s1. The van der Waals surface area contributed by atoms with E-state index in [-0.39, 0.29) is 17.8 Å². The molecule has 2 aliphatic heterocycles. The van der Waals surface area contributed by atoms with Gasteiger partial charge < -0.3 is 10.2 Å². The normalized spacial score (nSPS) is 22.1. The number of nitrogens with one attached hydrogen (secondary N) is 1. The molecule has 20 heavy (non-hydrogen) atoms. The summed E-state index contributed by atoms with van der Waals surface area (Å²) >= 11 is 0. The molecule has 4 amide bonds.